The van der Waals surface area contributed by atoms with Crippen LogP contribution >= 0.6 is 0 Å². The van der Waals surface area contributed by atoms with Crippen LogP contribution in [0, 0.1) is 6.92 Å². The minimum Gasteiger partial charge on any atom is -0.872 e. The number of carbonyl (C=O) groups is 2. The molecule has 0 aliphatic carbocycles. The largest absolute Gasteiger partial charge is 0.872 e. The van der Waals surface area contributed by atoms with E-state index in [0.717, 1.165) is 18.7 Å². The van der Waals surface area contributed by atoms with Crippen LogP contribution < -0.4 is 24.2 Å². The third-order valence-electron chi connectivity index (χ3n) is 6.76. The number of hydrogen-bond donors (Lipinski definition) is 1. The summed E-state index contributed by atoms with van der Waals surface area (Å²) in [5.74, 6) is -0.431. The van der Waals surface area contributed by atoms with Crippen molar-refractivity contribution in [3.05, 3.63) is 58.7 Å². The maximum atomic E-state index is 13.9. The number of benzene rings is 2. The average molecular weight is 511 g/mol. The fourth-order valence-electron chi connectivity index (χ4n) is 4.77. The molecular formula is C29H38N2O6. The molecule has 8 heteroatoms. The molecule has 0 bridgehead atoms. The first-order chi connectivity index (χ1) is 17.7. The molecule has 1 atom stereocenters. The van der Waals surface area contributed by atoms with Crippen LogP contribution in [0.2, 0.25) is 0 Å². The molecule has 1 heterocycles. The van der Waals surface area contributed by atoms with E-state index in [2.05, 4.69) is 13.8 Å². The van der Waals surface area contributed by atoms with Gasteiger partial charge in [0, 0.05) is 11.1 Å². The number of methoxy groups -OCH3 is 2. The second kappa shape index (κ2) is 12.1. The summed E-state index contributed by atoms with van der Waals surface area (Å²) in [6, 6.07) is 9.46. The second-order valence-electron chi connectivity index (χ2n) is 9.41. The minimum absolute atomic E-state index is 0.0185. The lowest BCUT2D eigenvalue weighted by molar-refractivity contribution is -0.895. The summed E-state index contributed by atoms with van der Waals surface area (Å²) >= 11 is 0. The number of para-hydroxylation sites is 1. The Hall–Kier alpha value is -3.52. The van der Waals surface area contributed by atoms with E-state index in [-0.39, 0.29) is 11.7 Å². The van der Waals surface area contributed by atoms with Crippen LogP contribution in [0.3, 0.4) is 0 Å². The van der Waals surface area contributed by atoms with E-state index in [1.165, 1.54) is 24.0 Å². The van der Waals surface area contributed by atoms with Gasteiger partial charge >= 0.3 is 0 Å². The van der Waals surface area contributed by atoms with Crippen molar-refractivity contribution in [1.82, 2.24) is 4.90 Å². The SMILES string of the molecule is CC[NH+](CC)CCN1C(=O)C(=O)/C(=C(/[O-])c2ccc(OC(C)C)c(C)c2)C1c1cccc(OC)c1OC. The highest BCUT2D eigenvalue weighted by atomic mass is 16.5. The Labute approximate surface area is 219 Å². The summed E-state index contributed by atoms with van der Waals surface area (Å²) < 4.78 is 16.9. The van der Waals surface area contributed by atoms with Gasteiger partial charge < -0.3 is 29.1 Å². The first-order valence-corrected chi connectivity index (χ1v) is 12.8. The van der Waals surface area contributed by atoms with Crippen molar-refractivity contribution in [3.8, 4) is 17.2 Å². The van der Waals surface area contributed by atoms with Gasteiger partial charge in [-0.05, 0) is 63.9 Å². The summed E-state index contributed by atoms with van der Waals surface area (Å²) in [5, 5.41) is 13.9. The van der Waals surface area contributed by atoms with Gasteiger partial charge in [-0.25, -0.2) is 0 Å². The molecule has 0 saturated carbocycles. The molecule has 1 saturated heterocycles. The molecule has 1 aliphatic rings. The van der Waals surface area contributed by atoms with E-state index >= 15 is 0 Å². The topological polar surface area (TPSA) is 92.6 Å². The number of Topliss-reactive ketones (excluding diaryl/α,β-unsaturated/α-hetero) is 1. The van der Waals surface area contributed by atoms with E-state index in [1.807, 2.05) is 20.8 Å². The van der Waals surface area contributed by atoms with Gasteiger partial charge in [0.2, 0.25) is 5.78 Å². The second-order valence-corrected chi connectivity index (χ2v) is 9.41. The van der Waals surface area contributed by atoms with Crippen molar-refractivity contribution in [3.63, 3.8) is 0 Å². The number of amides is 1. The highest BCUT2D eigenvalue weighted by Crippen LogP contribution is 2.45. The zero-order valence-electron chi connectivity index (χ0n) is 22.8. The molecule has 0 aromatic heterocycles. The Morgan fingerprint density at radius 1 is 1.05 bits per heavy atom. The van der Waals surface area contributed by atoms with Gasteiger partial charge in [-0.2, -0.15) is 0 Å². The molecule has 0 spiro atoms. The van der Waals surface area contributed by atoms with Crippen molar-refractivity contribution in [1.29, 1.82) is 0 Å². The molecule has 1 fully saturated rings. The molecular weight excluding hydrogens is 472 g/mol. The predicted octanol–water partition coefficient (Wildman–Crippen LogP) is 1.95. The molecule has 37 heavy (non-hydrogen) atoms. The molecule has 1 unspecified atom stereocenters. The average Bonchev–Trinajstić information content (AvgIpc) is 3.14. The Balaban J connectivity index is 2.19. The number of nitrogens with zero attached hydrogens (tertiary/aromatic N) is 1. The van der Waals surface area contributed by atoms with Crippen molar-refractivity contribution in [2.45, 2.75) is 46.8 Å². The smallest absolute Gasteiger partial charge is 0.295 e. The number of hydrogen-bond acceptors (Lipinski definition) is 6. The fraction of sp³-hybridized carbons (Fsp3) is 0.448. The van der Waals surface area contributed by atoms with Crippen molar-refractivity contribution in [2.75, 3.05) is 40.4 Å². The summed E-state index contributed by atoms with van der Waals surface area (Å²) in [6.45, 7) is 12.6. The lowest BCUT2D eigenvalue weighted by atomic mass is 9.94. The number of likely N-dealkylation sites (tertiary alicyclic amines) is 1. The number of ketones is 1. The molecule has 1 aliphatic heterocycles. The molecule has 2 aromatic rings. The first kappa shape index (κ1) is 28.1. The van der Waals surface area contributed by atoms with E-state index in [9.17, 15) is 14.7 Å². The molecule has 8 nitrogen and oxygen atoms in total. The molecule has 3 rings (SSSR count). The Bertz CT molecular complexity index is 1170. The Kier molecular flexibility index (Phi) is 9.21. The minimum atomic E-state index is -0.889. The molecule has 2 aromatic carbocycles. The summed E-state index contributed by atoms with van der Waals surface area (Å²) in [6.07, 6.45) is -0.0185. The van der Waals surface area contributed by atoms with E-state index in [0.29, 0.717) is 41.5 Å². The molecule has 1 amide bonds. The zero-order valence-corrected chi connectivity index (χ0v) is 22.8. The third kappa shape index (κ3) is 5.74. The maximum Gasteiger partial charge on any atom is 0.295 e. The number of aryl methyl sites for hydroxylation is 1. The van der Waals surface area contributed by atoms with Crippen LogP contribution in [-0.4, -0.2) is 63.1 Å². The number of ether oxygens (including phenoxy) is 3. The predicted molar refractivity (Wildman–Crippen MR) is 140 cm³/mol. The molecule has 200 valence electrons. The van der Waals surface area contributed by atoms with Gasteiger partial charge in [0.05, 0.1) is 52.5 Å². The summed E-state index contributed by atoms with van der Waals surface area (Å²) in [7, 11) is 3.02. The van der Waals surface area contributed by atoms with Crippen LogP contribution in [0.4, 0.5) is 0 Å². The number of quaternary nitrogens is 1. The number of rotatable bonds is 11. The van der Waals surface area contributed by atoms with Gasteiger partial charge in [0.15, 0.2) is 11.5 Å². The Morgan fingerprint density at radius 2 is 1.76 bits per heavy atom. The zero-order chi connectivity index (χ0) is 27.3. The van der Waals surface area contributed by atoms with Crippen LogP contribution in [-0.2, 0) is 9.59 Å². The maximum absolute atomic E-state index is 13.9. The fourth-order valence-corrected chi connectivity index (χ4v) is 4.77. The normalized spacial score (nSPS) is 17.1. The van der Waals surface area contributed by atoms with Gasteiger partial charge in [-0.1, -0.05) is 24.0 Å². The van der Waals surface area contributed by atoms with E-state index in [4.69, 9.17) is 14.2 Å². The summed E-state index contributed by atoms with van der Waals surface area (Å²) in [5.41, 5.74) is 1.56. The highest BCUT2D eigenvalue weighted by Gasteiger charge is 2.45. The lowest BCUT2D eigenvalue weighted by Crippen LogP contribution is -3.12. The Morgan fingerprint density at radius 3 is 2.32 bits per heavy atom. The number of carbonyl (C=O) groups excluding carboxylic acids is 2. The number of likely N-dealkylation sites (N-methyl/N-ethyl adjacent to an activating group) is 1. The van der Waals surface area contributed by atoms with Crippen molar-refractivity contribution in [2.24, 2.45) is 0 Å². The first-order valence-electron chi connectivity index (χ1n) is 12.8. The third-order valence-corrected chi connectivity index (χ3v) is 6.76. The van der Waals surface area contributed by atoms with E-state index in [1.54, 1.807) is 36.4 Å². The van der Waals surface area contributed by atoms with Crippen LogP contribution in [0.15, 0.2) is 42.0 Å². The van der Waals surface area contributed by atoms with Crippen LogP contribution in [0.1, 0.15) is 50.4 Å². The standard InChI is InChI=1S/C29H38N2O6/c1-8-30(9-2)15-16-31-25(21-11-10-12-23(35-6)28(21)36-7)24(27(33)29(31)34)26(32)20-13-14-22(19(5)17-20)37-18(3)4/h10-14,17-18,25,32H,8-9,15-16H2,1-7H3/b26-24+. The van der Waals surface area contributed by atoms with Gasteiger partial charge in [-0.15, -0.1) is 0 Å². The quantitative estimate of drug-likeness (QED) is 0.282. The van der Waals surface area contributed by atoms with Crippen molar-refractivity contribution >= 4 is 17.4 Å². The summed E-state index contributed by atoms with van der Waals surface area (Å²) in [4.78, 5) is 29.5. The monoisotopic (exact) mass is 510 g/mol. The molecule has 1 N–H and O–H groups in total. The van der Waals surface area contributed by atoms with Gasteiger partial charge in [0.25, 0.3) is 5.91 Å². The molecule has 0 radical (unpaired) electrons. The van der Waals surface area contributed by atoms with Crippen molar-refractivity contribution < 1.29 is 33.8 Å². The van der Waals surface area contributed by atoms with Crippen LogP contribution in [0.5, 0.6) is 17.2 Å². The lowest BCUT2D eigenvalue weighted by Gasteiger charge is -2.30. The number of nitrogens with one attached hydrogen (secondary N) is 1. The van der Waals surface area contributed by atoms with E-state index < -0.39 is 23.5 Å². The highest BCUT2D eigenvalue weighted by molar-refractivity contribution is 6.46. The van der Waals surface area contributed by atoms with Gasteiger partial charge in [-0.3, -0.25) is 9.59 Å². The van der Waals surface area contributed by atoms with Gasteiger partial charge in [0.1, 0.15) is 5.75 Å². The van der Waals surface area contributed by atoms with Crippen LogP contribution in [0.25, 0.3) is 5.76 Å².